The predicted octanol–water partition coefficient (Wildman–Crippen LogP) is 4.23. The number of nitrogens with one attached hydrogen (secondary N) is 1. The highest BCUT2D eigenvalue weighted by atomic mass is 79.9. The van der Waals surface area contributed by atoms with Crippen LogP contribution in [0.3, 0.4) is 0 Å². The molecule has 0 unspecified atom stereocenters. The van der Waals surface area contributed by atoms with Crippen molar-refractivity contribution in [2.45, 2.75) is 6.54 Å². The van der Waals surface area contributed by atoms with Crippen molar-refractivity contribution in [1.82, 2.24) is 0 Å². The van der Waals surface area contributed by atoms with Gasteiger partial charge in [0.1, 0.15) is 5.82 Å². The van der Waals surface area contributed by atoms with Crippen LogP contribution in [0.1, 0.15) is 16.1 Å². The molecule has 0 bridgehead atoms. The highest BCUT2D eigenvalue weighted by Gasteiger charge is 2.16. The topological polar surface area (TPSA) is 51.5 Å². The summed E-state index contributed by atoms with van der Waals surface area (Å²) < 4.78 is 23.3. The molecule has 0 amide bonds. The number of hydrogen-bond donors (Lipinski definition) is 1. The molecular weight excluding hydrogens is 353 g/mol. The van der Waals surface area contributed by atoms with Crippen molar-refractivity contribution in [2.75, 3.05) is 12.4 Å². The standard InChI is InChI=1S/C13H10BrClFNO3/c1-19-13(18)12-7(2-3-20-12)6-17-11-9(14)4-8(16)5-10(11)15/h2-5,17H,6H2,1H3. The number of rotatable bonds is 4. The Morgan fingerprint density at radius 1 is 1.55 bits per heavy atom. The van der Waals surface area contributed by atoms with Crippen LogP contribution in [0.2, 0.25) is 5.02 Å². The molecule has 7 heteroatoms. The number of methoxy groups -OCH3 is 1. The monoisotopic (exact) mass is 361 g/mol. The number of benzene rings is 1. The van der Waals surface area contributed by atoms with Crippen LogP contribution in [-0.4, -0.2) is 13.1 Å². The van der Waals surface area contributed by atoms with Gasteiger partial charge < -0.3 is 14.5 Å². The molecule has 0 fully saturated rings. The third-order valence-electron chi connectivity index (χ3n) is 2.58. The zero-order valence-electron chi connectivity index (χ0n) is 10.4. The molecule has 0 saturated heterocycles. The van der Waals surface area contributed by atoms with E-state index in [1.165, 1.54) is 25.5 Å². The molecule has 4 nitrogen and oxygen atoms in total. The lowest BCUT2D eigenvalue weighted by Gasteiger charge is -2.10. The van der Waals surface area contributed by atoms with Crippen LogP contribution in [0, 0.1) is 5.82 Å². The predicted molar refractivity (Wildman–Crippen MR) is 76.5 cm³/mol. The summed E-state index contributed by atoms with van der Waals surface area (Å²) in [6.45, 7) is 0.283. The van der Waals surface area contributed by atoms with Gasteiger partial charge in [0.25, 0.3) is 0 Å². The molecule has 1 N–H and O–H groups in total. The summed E-state index contributed by atoms with van der Waals surface area (Å²) in [6, 6.07) is 4.14. The molecule has 0 aliphatic heterocycles. The van der Waals surface area contributed by atoms with Crippen LogP contribution in [0.15, 0.2) is 33.4 Å². The maximum Gasteiger partial charge on any atom is 0.374 e. The molecule has 0 saturated carbocycles. The quantitative estimate of drug-likeness (QED) is 0.827. The van der Waals surface area contributed by atoms with E-state index in [9.17, 15) is 9.18 Å². The molecule has 0 radical (unpaired) electrons. The van der Waals surface area contributed by atoms with Crippen LogP contribution < -0.4 is 5.32 Å². The van der Waals surface area contributed by atoms with E-state index in [4.69, 9.17) is 16.0 Å². The van der Waals surface area contributed by atoms with Crippen molar-refractivity contribution < 1.29 is 18.3 Å². The summed E-state index contributed by atoms with van der Waals surface area (Å²) in [7, 11) is 1.27. The number of halogens is 3. The van der Waals surface area contributed by atoms with Crippen molar-refractivity contribution >= 4 is 39.2 Å². The average Bonchev–Trinajstić information content (AvgIpc) is 2.85. The highest BCUT2D eigenvalue weighted by Crippen LogP contribution is 2.32. The lowest BCUT2D eigenvalue weighted by atomic mass is 10.2. The van der Waals surface area contributed by atoms with Crippen LogP contribution in [-0.2, 0) is 11.3 Å². The van der Waals surface area contributed by atoms with Gasteiger partial charge in [0.05, 0.1) is 24.1 Å². The van der Waals surface area contributed by atoms with E-state index in [1.54, 1.807) is 6.07 Å². The molecule has 20 heavy (non-hydrogen) atoms. The molecule has 2 aromatic rings. The van der Waals surface area contributed by atoms with Gasteiger partial charge in [-0.2, -0.15) is 0 Å². The van der Waals surface area contributed by atoms with Crippen molar-refractivity contribution in [2.24, 2.45) is 0 Å². The Balaban J connectivity index is 2.18. The first kappa shape index (κ1) is 14.9. The summed E-state index contributed by atoms with van der Waals surface area (Å²) in [5, 5.41) is 3.25. The summed E-state index contributed by atoms with van der Waals surface area (Å²) in [5.74, 6) is -0.878. The summed E-state index contributed by atoms with van der Waals surface area (Å²) >= 11 is 9.18. The molecule has 1 heterocycles. The van der Waals surface area contributed by atoms with E-state index in [-0.39, 0.29) is 17.3 Å². The SMILES string of the molecule is COC(=O)c1occc1CNc1c(Cl)cc(F)cc1Br. The minimum absolute atomic E-state index is 0.120. The molecule has 0 aliphatic carbocycles. The Hall–Kier alpha value is -1.53. The summed E-state index contributed by atoms with van der Waals surface area (Å²) in [6.07, 6.45) is 1.39. The van der Waals surface area contributed by atoms with E-state index in [1.807, 2.05) is 0 Å². The maximum atomic E-state index is 13.1. The largest absolute Gasteiger partial charge is 0.463 e. The van der Waals surface area contributed by atoms with Gasteiger partial charge in [-0.15, -0.1) is 0 Å². The van der Waals surface area contributed by atoms with Crippen molar-refractivity contribution in [3.63, 3.8) is 0 Å². The van der Waals surface area contributed by atoms with Gasteiger partial charge in [-0.3, -0.25) is 0 Å². The van der Waals surface area contributed by atoms with Gasteiger partial charge in [0.15, 0.2) is 0 Å². The molecular formula is C13H10BrClFNO3. The number of esters is 1. The Labute approximate surface area is 128 Å². The number of carbonyl (C=O) groups is 1. The summed E-state index contributed by atoms with van der Waals surface area (Å²) in [5.41, 5.74) is 1.15. The van der Waals surface area contributed by atoms with Gasteiger partial charge in [-0.05, 0) is 34.1 Å². The lowest BCUT2D eigenvalue weighted by Crippen LogP contribution is -2.07. The normalized spacial score (nSPS) is 10.4. The third kappa shape index (κ3) is 3.13. The molecule has 0 atom stereocenters. The van der Waals surface area contributed by atoms with Crippen LogP contribution in [0.4, 0.5) is 10.1 Å². The number of carbonyl (C=O) groups excluding carboxylic acids is 1. The Morgan fingerprint density at radius 3 is 2.95 bits per heavy atom. The first-order valence-electron chi connectivity index (χ1n) is 5.56. The molecule has 0 aliphatic rings. The summed E-state index contributed by atoms with van der Waals surface area (Å²) in [4.78, 5) is 11.5. The molecule has 2 rings (SSSR count). The van der Waals surface area contributed by atoms with Crippen LogP contribution in [0.25, 0.3) is 0 Å². The first-order valence-corrected chi connectivity index (χ1v) is 6.73. The second-order valence-electron chi connectivity index (χ2n) is 3.86. The smallest absolute Gasteiger partial charge is 0.374 e. The van der Waals surface area contributed by atoms with Gasteiger partial charge in [0.2, 0.25) is 5.76 Å². The lowest BCUT2D eigenvalue weighted by molar-refractivity contribution is 0.0563. The van der Waals surface area contributed by atoms with Crippen LogP contribution in [0.5, 0.6) is 0 Å². The third-order valence-corrected chi connectivity index (χ3v) is 3.50. The minimum Gasteiger partial charge on any atom is -0.463 e. The number of anilines is 1. The molecule has 1 aromatic carbocycles. The number of hydrogen-bond acceptors (Lipinski definition) is 4. The van der Waals surface area contributed by atoms with Crippen molar-refractivity contribution in [3.05, 3.63) is 51.1 Å². The zero-order chi connectivity index (χ0) is 14.7. The molecule has 0 spiro atoms. The second kappa shape index (κ2) is 6.28. The molecule has 1 aromatic heterocycles. The molecule has 106 valence electrons. The maximum absolute atomic E-state index is 13.1. The zero-order valence-corrected chi connectivity index (χ0v) is 12.7. The number of ether oxygens (including phenoxy) is 1. The minimum atomic E-state index is -0.559. The van der Waals surface area contributed by atoms with Crippen molar-refractivity contribution in [1.29, 1.82) is 0 Å². The van der Waals surface area contributed by atoms with E-state index < -0.39 is 11.8 Å². The second-order valence-corrected chi connectivity index (χ2v) is 5.13. The van der Waals surface area contributed by atoms with E-state index >= 15 is 0 Å². The number of furan rings is 1. The highest BCUT2D eigenvalue weighted by molar-refractivity contribution is 9.10. The Morgan fingerprint density at radius 2 is 2.30 bits per heavy atom. The van der Waals surface area contributed by atoms with Gasteiger partial charge in [-0.25, -0.2) is 9.18 Å². The van der Waals surface area contributed by atoms with E-state index in [0.29, 0.717) is 15.7 Å². The van der Waals surface area contributed by atoms with E-state index in [2.05, 4.69) is 26.0 Å². The average molecular weight is 363 g/mol. The first-order chi connectivity index (χ1) is 9.52. The van der Waals surface area contributed by atoms with Crippen molar-refractivity contribution in [3.8, 4) is 0 Å². The Kier molecular flexibility index (Phi) is 4.67. The Bertz CT molecular complexity index is 621. The van der Waals surface area contributed by atoms with Gasteiger partial charge >= 0.3 is 5.97 Å². The fraction of sp³-hybridized carbons (Fsp3) is 0.154. The van der Waals surface area contributed by atoms with Gasteiger partial charge in [-0.1, -0.05) is 11.6 Å². The van der Waals surface area contributed by atoms with E-state index in [0.717, 1.165) is 0 Å². The fourth-order valence-electron chi connectivity index (χ4n) is 1.64. The van der Waals surface area contributed by atoms with Gasteiger partial charge in [0, 0.05) is 16.6 Å². The van der Waals surface area contributed by atoms with Crippen LogP contribution >= 0.6 is 27.5 Å². The fourth-order valence-corrected chi connectivity index (χ4v) is 2.60.